The number of hydrogen-bond donors (Lipinski definition) is 0. The number of fused-ring (bicyclic) bond motifs is 1. The summed E-state index contributed by atoms with van der Waals surface area (Å²) in [6.45, 7) is 0.362. The summed E-state index contributed by atoms with van der Waals surface area (Å²) >= 11 is 7.55. The third-order valence-electron chi connectivity index (χ3n) is 4.79. The molecule has 31 heavy (non-hydrogen) atoms. The summed E-state index contributed by atoms with van der Waals surface area (Å²) in [5, 5.41) is 5.25. The number of hydrogen-bond acceptors (Lipinski definition) is 5. The van der Waals surface area contributed by atoms with Crippen molar-refractivity contribution in [1.29, 1.82) is 0 Å². The monoisotopic (exact) mass is 445 g/mol. The lowest BCUT2D eigenvalue weighted by Gasteiger charge is -2.18. The zero-order chi connectivity index (χ0) is 21.2. The van der Waals surface area contributed by atoms with Crippen molar-refractivity contribution in [3.05, 3.63) is 101 Å². The van der Waals surface area contributed by atoms with E-state index in [0.717, 1.165) is 21.3 Å². The highest BCUT2D eigenvalue weighted by molar-refractivity contribution is 7.22. The Hall–Kier alpha value is -3.48. The summed E-state index contributed by atoms with van der Waals surface area (Å²) in [4.78, 5) is 19.8. The molecule has 7 heteroatoms. The van der Waals surface area contributed by atoms with Gasteiger partial charge in [-0.1, -0.05) is 88.8 Å². The zero-order valence-electron chi connectivity index (χ0n) is 16.2. The maximum atomic E-state index is 13.5. The minimum atomic E-state index is -0.278. The van der Waals surface area contributed by atoms with Crippen LogP contribution in [0.25, 0.3) is 21.5 Å². The second kappa shape index (κ2) is 8.34. The molecule has 0 radical (unpaired) electrons. The van der Waals surface area contributed by atoms with Crippen molar-refractivity contribution in [2.24, 2.45) is 0 Å². The Labute approximate surface area is 187 Å². The Kier molecular flexibility index (Phi) is 5.24. The third-order valence-corrected chi connectivity index (χ3v) is 6.06. The van der Waals surface area contributed by atoms with Crippen LogP contribution in [0.5, 0.6) is 0 Å². The second-order valence-electron chi connectivity index (χ2n) is 6.93. The molecule has 0 aliphatic heterocycles. The van der Waals surface area contributed by atoms with Gasteiger partial charge in [-0.25, -0.2) is 4.98 Å². The second-order valence-corrected chi connectivity index (χ2v) is 8.37. The molecule has 5 aromatic rings. The van der Waals surface area contributed by atoms with Crippen molar-refractivity contribution in [2.75, 3.05) is 4.90 Å². The van der Waals surface area contributed by atoms with Crippen LogP contribution in [0.3, 0.4) is 0 Å². The average Bonchev–Trinajstić information content (AvgIpc) is 3.45. The molecule has 5 nitrogen and oxygen atoms in total. The Morgan fingerprint density at radius 3 is 2.48 bits per heavy atom. The van der Waals surface area contributed by atoms with Gasteiger partial charge in [-0.15, -0.1) is 0 Å². The molecule has 152 valence electrons. The standard InChI is InChI=1S/C24H16ClN3O2S/c25-18-11-12-19-22(13-18)31-24(26-19)28(15-16-7-3-1-4-8-16)23(29)20-14-21(30-27-20)17-9-5-2-6-10-17/h1-14H,15H2. The van der Waals surface area contributed by atoms with Crippen molar-refractivity contribution in [3.63, 3.8) is 0 Å². The van der Waals surface area contributed by atoms with Crippen LogP contribution in [0.15, 0.2) is 89.5 Å². The summed E-state index contributed by atoms with van der Waals surface area (Å²) < 4.78 is 6.37. The third kappa shape index (κ3) is 4.08. The fraction of sp³-hybridized carbons (Fsp3) is 0.0417. The summed E-state index contributed by atoms with van der Waals surface area (Å²) in [6.07, 6.45) is 0. The van der Waals surface area contributed by atoms with Crippen LogP contribution in [0.4, 0.5) is 5.13 Å². The normalized spacial score (nSPS) is 11.0. The first-order valence-electron chi connectivity index (χ1n) is 9.61. The average molecular weight is 446 g/mol. The molecule has 0 saturated heterocycles. The number of thiazole rings is 1. The molecule has 0 fully saturated rings. The number of halogens is 1. The molecular weight excluding hydrogens is 430 g/mol. The molecule has 0 aliphatic carbocycles. The molecular formula is C24H16ClN3O2S. The van der Waals surface area contributed by atoms with Crippen molar-refractivity contribution in [3.8, 4) is 11.3 Å². The molecule has 2 aromatic heterocycles. The van der Waals surface area contributed by atoms with Crippen LogP contribution in [0.2, 0.25) is 5.02 Å². The quantitative estimate of drug-likeness (QED) is 0.312. The zero-order valence-corrected chi connectivity index (χ0v) is 17.8. The van der Waals surface area contributed by atoms with Gasteiger partial charge < -0.3 is 4.52 Å². The molecule has 1 amide bonds. The van der Waals surface area contributed by atoms with E-state index >= 15 is 0 Å². The van der Waals surface area contributed by atoms with E-state index in [1.165, 1.54) is 11.3 Å². The fourth-order valence-corrected chi connectivity index (χ4v) is 4.49. The number of aromatic nitrogens is 2. The van der Waals surface area contributed by atoms with Crippen LogP contribution in [0.1, 0.15) is 16.1 Å². The number of anilines is 1. The minimum absolute atomic E-state index is 0.229. The first-order valence-corrected chi connectivity index (χ1v) is 10.8. The molecule has 0 saturated carbocycles. The first-order chi connectivity index (χ1) is 15.2. The number of carbonyl (C=O) groups is 1. The Balaban J connectivity index is 1.53. The van der Waals surface area contributed by atoms with E-state index in [1.54, 1.807) is 17.0 Å². The fourth-order valence-electron chi connectivity index (χ4n) is 3.25. The van der Waals surface area contributed by atoms with Crippen LogP contribution in [0, 0.1) is 0 Å². The maximum absolute atomic E-state index is 13.5. The molecule has 3 aromatic carbocycles. The van der Waals surface area contributed by atoms with E-state index in [1.807, 2.05) is 72.8 Å². The lowest BCUT2D eigenvalue weighted by atomic mass is 10.1. The van der Waals surface area contributed by atoms with Gasteiger partial charge in [0.1, 0.15) is 0 Å². The van der Waals surface area contributed by atoms with Gasteiger partial charge in [0.2, 0.25) is 0 Å². The number of nitrogens with zero attached hydrogens (tertiary/aromatic N) is 3. The lowest BCUT2D eigenvalue weighted by Crippen LogP contribution is -2.30. The van der Waals surface area contributed by atoms with Crippen LogP contribution >= 0.6 is 22.9 Å². The van der Waals surface area contributed by atoms with Crippen LogP contribution < -0.4 is 4.90 Å². The van der Waals surface area contributed by atoms with E-state index in [9.17, 15) is 4.79 Å². The Morgan fingerprint density at radius 1 is 0.968 bits per heavy atom. The van der Waals surface area contributed by atoms with E-state index in [4.69, 9.17) is 16.1 Å². The molecule has 5 rings (SSSR count). The van der Waals surface area contributed by atoms with Crippen LogP contribution in [-0.2, 0) is 6.54 Å². The Bertz CT molecular complexity index is 1350. The molecule has 0 bridgehead atoms. The molecule has 2 heterocycles. The molecule has 0 spiro atoms. The van der Waals surface area contributed by atoms with E-state index in [0.29, 0.717) is 22.5 Å². The summed E-state index contributed by atoms with van der Waals surface area (Å²) in [6, 6.07) is 26.5. The van der Waals surface area contributed by atoms with E-state index in [2.05, 4.69) is 10.1 Å². The van der Waals surface area contributed by atoms with Gasteiger partial charge in [-0.2, -0.15) is 0 Å². The molecule has 0 aliphatic rings. The van der Waals surface area contributed by atoms with Gasteiger partial charge in [-0.3, -0.25) is 9.69 Å². The highest BCUT2D eigenvalue weighted by atomic mass is 35.5. The minimum Gasteiger partial charge on any atom is -0.355 e. The van der Waals surface area contributed by atoms with Gasteiger partial charge in [0.05, 0.1) is 16.8 Å². The van der Waals surface area contributed by atoms with E-state index < -0.39 is 0 Å². The summed E-state index contributed by atoms with van der Waals surface area (Å²) in [5.74, 6) is 0.264. The smallest absolute Gasteiger partial charge is 0.282 e. The molecule has 0 atom stereocenters. The predicted octanol–water partition coefficient (Wildman–Crippen LogP) is 6.45. The largest absolute Gasteiger partial charge is 0.355 e. The first kappa shape index (κ1) is 19.5. The van der Waals surface area contributed by atoms with Crippen LogP contribution in [-0.4, -0.2) is 16.0 Å². The topological polar surface area (TPSA) is 59.2 Å². The van der Waals surface area contributed by atoms with Gasteiger partial charge >= 0.3 is 0 Å². The number of benzene rings is 3. The van der Waals surface area contributed by atoms with Gasteiger partial charge in [-0.05, 0) is 23.8 Å². The van der Waals surface area contributed by atoms with Gasteiger partial charge in [0.25, 0.3) is 5.91 Å². The number of amides is 1. The number of rotatable bonds is 5. The van der Waals surface area contributed by atoms with Crippen molar-refractivity contribution in [1.82, 2.24) is 10.1 Å². The SMILES string of the molecule is O=C(c1cc(-c2ccccc2)on1)N(Cc1ccccc1)c1nc2ccc(Cl)cc2s1. The van der Waals surface area contributed by atoms with E-state index in [-0.39, 0.29) is 11.6 Å². The highest BCUT2D eigenvalue weighted by Gasteiger charge is 2.25. The molecule has 0 N–H and O–H groups in total. The summed E-state index contributed by atoms with van der Waals surface area (Å²) in [7, 11) is 0. The van der Waals surface area contributed by atoms with Gasteiger partial charge in [0, 0.05) is 16.7 Å². The van der Waals surface area contributed by atoms with Crippen molar-refractivity contribution < 1.29 is 9.32 Å². The highest BCUT2D eigenvalue weighted by Crippen LogP contribution is 2.32. The number of carbonyl (C=O) groups excluding carboxylic acids is 1. The summed E-state index contributed by atoms with van der Waals surface area (Å²) in [5.41, 5.74) is 2.87. The predicted molar refractivity (Wildman–Crippen MR) is 124 cm³/mol. The maximum Gasteiger partial charge on any atom is 0.282 e. The van der Waals surface area contributed by atoms with Crippen molar-refractivity contribution in [2.45, 2.75) is 6.54 Å². The molecule has 0 unspecified atom stereocenters. The van der Waals surface area contributed by atoms with Gasteiger partial charge in [0.15, 0.2) is 16.6 Å². The Morgan fingerprint density at radius 2 is 1.71 bits per heavy atom. The van der Waals surface area contributed by atoms with Crippen molar-refractivity contribution >= 4 is 44.2 Å². The lowest BCUT2D eigenvalue weighted by molar-refractivity contribution is 0.0976.